The van der Waals surface area contributed by atoms with E-state index < -0.39 is 0 Å². The van der Waals surface area contributed by atoms with E-state index in [0.717, 1.165) is 21.4 Å². The Hall–Kier alpha value is -3.41. The molecular formula is C23H22N2O4. The molecule has 1 aliphatic rings. The number of nitrogens with one attached hydrogen (secondary N) is 1. The topological polar surface area (TPSA) is 79.6 Å². The molecular weight excluding hydrogens is 368 g/mol. The van der Waals surface area contributed by atoms with Crippen LogP contribution in [0.2, 0.25) is 0 Å². The van der Waals surface area contributed by atoms with Crippen LogP contribution in [0.25, 0.3) is 11.0 Å². The number of furan rings is 1. The average Bonchev–Trinajstić information content (AvgIpc) is 3.15. The van der Waals surface area contributed by atoms with Crippen LogP contribution >= 0.6 is 0 Å². The van der Waals surface area contributed by atoms with E-state index >= 15 is 0 Å². The van der Waals surface area contributed by atoms with Crippen LogP contribution in [-0.4, -0.2) is 29.7 Å². The first-order chi connectivity index (χ1) is 13.8. The maximum absolute atomic E-state index is 12.6. The Morgan fingerprint density at radius 3 is 2.55 bits per heavy atom. The van der Waals surface area contributed by atoms with Crippen LogP contribution < -0.4 is 5.32 Å². The fraction of sp³-hybridized carbons (Fsp3) is 0.261. The van der Waals surface area contributed by atoms with Crippen LogP contribution in [0.1, 0.15) is 57.2 Å². The highest BCUT2D eigenvalue weighted by Gasteiger charge is 2.32. The first-order valence-corrected chi connectivity index (χ1v) is 9.53. The molecule has 3 aromatic rings. The van der Waals surface area contributed by atoms with E-state index in [-0.39, 0.29) is 24.1 Å². The second-order valence-corrected chi connectivity index (χ2v) is 7.78. The lowest BCUT2D eigenvalue weighted by atomic mass is 9.95. The Morgan fingerprint density at radius 2 is 1.83 bits per heavy atom. The predicted molar refractivity (Wildman–Crippen MR) is 110 cm³/mol. The van der Waals surface area contributed by atoms with Crippen molar-refractivity contribution in [3.8, 4) is 0 Å². The van der Waals surface area contributed by atoms with E-state index in [1.807, 2.05) is 6.07 Å². The minimum Gasteiger partial charge on any atom is -0.464 e. The van der Waals surface area contributed by atoms with Crippen molar-refractivity contribution in [2.75, 3.05) is 12.4 Å². The Kier molecular flexibility index (Phi) is 4.49. The smallest absolute Gasteiger partial charge is 0.261 e. The van der Waals surface area contributed by atoms with E-state index in [0.29, 0.717) is 22.7 Å². The lowest BCUT2D eigenvalue weighted by Gasteiger charge is -2.10. The van der Waals surface area contributed by atoms with E-state index in [2.05, 4.69) is 32.2 Å². The maximum Gasteiger partial charge on any atom is 0.261 e. The first-order valence-electron chi connectivity index (χ1n) is 9.53. The monoisotopic (exact) mass is 390 g/mol. The van der Waals surface area contributed by atoms with Gasteiger partial charge in [0, 0.05) is 23.7 Å². The van der Waals surface area contributed by atoms with E-state index in [9.17, 15) is 14.4 Å². The van der Waals surface area contributed by atoms with Gasteiger partial charge < -0.3 is 9.73 Å². The van der Waals surface area contributed by atoms with Crippen LogP contribution in [0.5, 0.6) is 0 Å². The summed E-state index contributed by atoms with van der Waals surface area (Å²) >= 11 is 0. The van der Waals surface area contributed by atoms with Gasteiger partial charge in [-0.3, -0.25) is 19.3 Å². The molecule has 1 N–H and O–H groups in total. The number of hydrogen-bond donors (Lipinski definition) is 1. The highest BCUT2D eigenvalue weighted by molar-refractivity contribution is 6.21. The summed E-state index contributed by atoms with van der Waals surface area (Å²) in [6.07, 6.45) is 1.77. The first kappa shape index (κ1) is 18.9. The van der Waals surface area contributed by atoms with Crippen LogP contribution in [0, 0.1) is 6.92 Å². The van der Waals surface area contributed by atoms with Crippen molar-refractivity contribution in [3.05, 3.63) is 64.4 Å². The minimum absolute atomic E-state index is 0.150. The fourth-order valence-electron chi connectivity index (χ4n) is 3.82. The molecule has 0 bridgehead atoms. The molecule has 0 unspecified atom stereocenters. The summed E-state index contributed by atoms with van der Waals surface area (Å²) in [5.41, 5.74) is 5.11. The van der Waals surface area contributed by atoms with Gasteiger partial charge >= 0.3 is 0 Å². The van der Waals surface area contributed by atoms with Crippen molar-refractivity contribution in [1.29, 1.82) is 0 Å². The van der Waals surface area contributed by atoms with Crippen LogP contribution in [0.15, 0.2) is 41.0 Å². The van der Waals surface area contributed by atoms with Crippen molar-refractivity contribution >= 4 is 34.4 Å². The number of amides is 3. The molecule has 0 saturated heterocycles. The van der Waals surface area contributed by atoms with Crippen molar-refractivity contribution in [3.63, 3.8) is 0 Å². The largest absolute Gasteiger partial charge is 0.464 e. The van der Waals surface area contributed by atoms with Gasteiger partial charge in [-0.2, -0.15) is 0 Å². The van der Waals surface area contributed by atoms with Gasteiger partial charge in [0.05, 0.1) is 23.8 Å². The molecule has 4 rings (SSSR count). The number of aryl methyl sites for hydroxylation is 1. The van der Waals surface area contributed by atoms with Crippen LogP contribution in [0.4, 0.5) is 5.69 Å². The Balaban J connectivity index is 1.56. The quantitative estimate of drug-likeness (QED) is 0.675. The normalized spacial score (nSPS) is 13.5. The second kappa shape index (κ2) is 6.88. The summed E-state index contributed by atoms with van der Waals surface area (Å²) < 4.78 is 5.65. The summed E-state index contributed by atoms with van der Waals surface area (Å²) in [6.45, 7) is 6.33. The Bertz CT molecular complexity index is 1170. The fourth-order valence-corrected chi connectivity index (χ4v) is 3.82. The van der Waals surface area contributed by atoms with Gasteiger partial charge in [-0.25, -0.2) is 0 Å². The molecule has 3 amide bonds. The second-order valence-electron chi connectivity index (χ2n) is 7.78. The molecule has 0 fully saturated rings. The van der Waals surface area contributed by atoms with Gasteiger partial charge in [-0.1, -0.05) is 13.8 Å². The molecule has 0 saturated carbocycles. The molecule has 1 aliphatic heterocycles. The zero-order valence-corrected chi connectivity index (χ0v) is 16.8. The molecule has 0 aliphatic carbocycles. The summed E-state index contributed by atoms with van der Waals surface area (Å²) in [5.74, 6) is -0.535. The predicted octanol–water partition coefficient (Wildman–Crippen LogP) is 4.27. The summed E-state index contributed by atoms with van der Waals surface area (Å²) in [4.78, 5) is 37.8. The van der Waals surface area contributed by atoms with Gasteiger partial charge in [-0.05, 0) is 54.3 Å². The Labute approximate surface area is 168 Å². The molecule has 1 aromatic heterocycles. The molecule has 6 nitrogen and oxygen atoms in total. The molecule has 6 heteroatoms. The van der Waals surface area contributed by atoms with E-state index in [4.69, 9.17) is 4.42 Å². The van der Waals surface area contributed by atoms with E-state index in [1.165, 1.54) is 18.2 Å². The summed E-state index contributed by atoms with van der Waals surface area (Å²) in [6, 6.07) is 8.85. The highest BCUT2D eigenvalue weighted by Crippen LogP contribution is 2.30. The SMILES string of the molecule is Cc1cc2occ(CC(=O)Nc3ccc4c(c3)C(=O)N(C)C4=O)c2cc1C(C)C. The number of hydrogen-bond acceptors (Lipinski definition) is 4. The van der Waals surface area contributed by atoms with E-state index in [1.54, 1.807) is 24.5 Å². The molecule has 148 valence electrons. The molecule has 2 aromatic carbocycles. The van der Waals surface area contributed by atoms with Gasteiger partial charge in [0.25, 0.3) is 11.8 Å². The number of anilines is 1. The third-order valence-electron chi connectivity index (χ3n) is 5.39. The van der Waals surface area contributed by atoms with Crippen LogP contribution in [0.3, 0.4) is 0 Å². The highest BCUT2D eigenvalue weighted by atomic mass is 16.3. The lowest BCUT2D eigenvalue weighted by Crippen LogP contribution is -2.24. The van der Waals surface area contributed by atoms with Gasteiger partial charge in [0.15, 0.2) is 0 Å². The number of carbonyl (C=O) groups excluding carboxylic acids is 3. The molecule has 2 heterocycles. The number of carbonyl (C=O) groups is 3. The molecule has 0 spiro atoms. The number of nitrogens with zero attached hydrogens (tertiary/aromatic N) is 1. The van der Waals surface area contributed by atoms with Gasteiger partial charge in [0.2, 0.25) is 5.91 Å². The number of imide groups is 1. The van der Waals surface area contributed by atoms with Crippen molar-refractivity contribution in [2.45, 2.75) is 33.1 Å². The zero-order chi connectivity index (χ0) is 20.9. The Morgan fingerprint density at radius 1 is 1.10 bits per heavy atom. The third-order valence-corrected chi connectivity index (χ3v) is 5.39. The molecule has 0 radical (unpaired) electrons. The van der Waals surface area contributed by atoms with Crippen molar-refractivity contribution in [1.82, 2.24) is 4.90 Å². The summed E-state index contributed by atoms with van der Waals surface area (Å²) in [5, 5.41) is 3.75. The summed E-state index contributed by atoms with van der Waals surface area (Å²) in [7, 11) is 1.44. The third kappa shape index (κ3) is 3.20. The van der Waals surface area contributed by atoms with Crippen molar-refractivity contribution < 1.29 is 18.8 Å². The number of rotatable bonds is 4. The standard InChI is InChI=1S/C23H22N2O4/c1-12(2)17-10-18-14(11-29-20(18)7-13(17)3)8-21(26)24-15-5-6-16-19(9-15)23(28)25(4)22(16)27/h5-7,9-12H,8H2,1-4H3,(H,24,26). The number of benzene rings is 2. The molecule has 0 atom stereocenters. The number of fused-ring (bicyclic) bond motifs is 2. The zero-order valence-electron chi connectivity index (χ0n) is 16.8. The van der Waals surface area contributed by atoms with Gasteiger partial charge in [0.1, 0.15) is 5.58 Å². The average molecular weight is 390 g/mol. The molecule has 29 heavy (non-hydrogen) atoms. The van der Waals surface area contributed by atoms with Crippen LogP contribution in [-0.2, 0) is 11.2 Å². The van der Waals surface area contributed by atoms with Gasteiger partial charge in [-0.15, -0.1) is 0 Å². The van der Waals surface area contributed by atoms with Crippen molar-refractivity contribution in [2.24, 2.45) is 0 Å². The minimum atomic E-state index is -0.362. The lowest BCUT2D eigenvalue weighted by molar-refractivity contribution is -0.115. The maximum atomic E-state index is 12.6.